The van der Waals surface area contributed by atoms with E-state index >= 15 is 0 Å². The zero-order chi connectivity index (χ0) is 20.6. The summed E-state index contributed by atoms with van der Waals surface area (Å²) in [5.74, 6) is 0.224. The molecule has 0 bridgehead atoms. The van der Waals surface area contributed by atoms with Crippen LogP contribution in [0.1, 0.15) is 13.3 Å². The van der Waals surface area contributed by atoms with E-state index in [9.17, 15) is 14.0 Å². The Bertz CT molecular complexity index is 806. The van der Waals surface area contributed by atoms with Crippen LogP contribution in [0, 0.1) is 5.82 Å². The second-order valence-electron chi connectivity index (χ2n) is 7.13. The van der Waals surface area contributed by atoms with Crippen molar-refractivity contribution < 1.29 is 23.6 Å². The zero-order valence-electron chi connectivity index (χ0n) is 16.6. The highest BCUT2D eigenvalue weighted by molar-refractivity contribution is 5.91. The number of benzene rings is 2. The first-order valence-corrected chi connectivity index (χ1v) is 9.94. The predicted molar refractivity (Wildman–Crippen MR) is 108 cm³/mol. The Hall–Kier alpha value is -2.93. The molecule has 1 heterocycles. The van der Waals surface area contributed by atoms with Crippen molar-refractivity contribution in [3.05, 3.63) is 60.4 Å². The van der Waals surface area contributed by atoms with Crippen molar-refractivity contribution in [3.8, 4) is 5.75 Å². The predicted octanol–water partition coefficient (Wildman–Crippen LogP) is 1.35. The summed E-state index contributed by atoms with van der Waals surface area (Å²) < 4.78 is 18.8. The Morgan fingerprint density at radius 2 is 1.76 bits per heavy atom. The Balaban J connectivity index is 1.45. The summed E-state index contributed by atoms with van der Waals surface area (Å²) in [6.07, 6.45) is 0.0988. The van der Waals surface area contributed by atoms with Gasteiger partial charge in [-0.1, -0.05) is 25.1 Å². The topological polar surface area (TPSA) is 63.1 Å². The number of nitrogens with one attached hydrogen (secondary N) is 2. The highest BCUT2D eigenvalue weighted by Gasteiger charge is 2.30. The average molecular weight is 400 g/mol. The molecule has 1 saturated heterocycles. The normalized spacial score (nSPS) is 15.6. The summed E-state index contributed by atoms with van der Waals surface area (Å²) >= 11 is 0. The van der Waals surface area contributed by atoms with Gasteiger partial charge in [0.1, 0.15) is 11.6 Å². The number of nitrogens with zero attached hydrogens (tertiary/aromatic N) is 1. The molecule has 0 spiro atoms. The number of hydrogen-bond acceptors (Lipinski definition) is 3. The van der Waals surface area contributed by atoms with Gasteiger partial charge in [-0.2, -0.15) is 0 Å². The van der Waals surface area contributed by atoms with E-state index < -0.39 is 6.10 Å². The molecule has 2 aromatic carbocycles. The number of para-hydroxylation sites is 1. The molecule has 1 aliphatic heterocycles. The fourth-order valence-electron chi connectivity index (χ4n) is 3.36. The van der Waals surface area contributed by atoms with Gasteiger partial charge in [-0.05, 0) is 42.8 Å². The number of quaternary nitrogens is 1. The van der Waals surface area contributed by atoms with Gasteiger partial charge in [0.2, 0.25) is 0 Å². The van der Waals surface area contributed by atoms with Crippen molar-refractivity contribution in [2.24, 2.45) is 0 Å². The average Bonchev–Trinajstić information content (AvgIpc) is 2.74. The van der Waals surface area contributed by atoms with Crippen molar-refractivity contribution >= 4 is 17.5 Å². The summed E-state index contributed by atoms with van der Waals surface area (Å²) in [6, 6.07) is 15.1. The molecule has 0 radical (unpaired) electrons. The summed E-state index contributed by atoms with van der Waals surface area (Å²) in [6.45, 7) is 4.83. The summed E-state index contributed by atoms with van der Waals surface area (Å²) in [5.41, 5.74) is 0.577. The fourth-order valence-corrected chi connectivity index (χ4v) is 3.36. The lowest BCUT2D eigenvalue weighted by atomic mass is 10.2. The Kier molecular flexibility index (Phi) is 7.19. The molecule has 0 unspecified atom stereocenters. The van der Waals surface area contributed by atoms with Crippen LogP contribution < -0.4 is 15.0 Å². The van der Waals surface area contributed by atoms with Gasteiger partial charge >= 0.3 is 0 Å². The lowest BCUT2D eigenvalue weighted by Crippen LogP contribution is -3.15. The molecule has 2 amide bonds. The molecule has 1 aliphatic rings. The van der Waals surface area contributed by atoms with Gasteiger partial charge < -0.3 is 19.9 Å². The van der Waals surface area contributed by atoms with Crippen LogP contribution in [0.5, 0.6) is 5.75 Å². The molecule has 7 heteroatoms. The van der Waals surface area contributed by atoms with E-state index in [0.717, 1.165) is 4.90 Å². The van der Waals surface area contributed by atoms with Gasteiger partial charge in [0.25, 0.3) is 11.8 Å². The van der Waals surface area contributed by atoms with Crippen molar-refractivity contribution in [3.63, 3.8) is 0 Å². The maximum atomic E-state index is 12.9. The summed E-state index contributed by atoms with van der Waals surface area (Å²) in [5, 5.41) is 2.78. The number of carbonyl (C=O) groups excluding carboxylic acids is 2. The molecule has 0 aliphatic carbocycles. The molecule has 6 nitrogen and oxygen atoms in total. The molecule has 1 atom stereocenters. The molecular formula is C22H27FN3O3+. The quantitative estimate of drug-likeness (QED) is 0.738. The number of amides is 2. The van der Waals surface area contributed by atoms with Crippen LogP contribution in [0.2, 0.25) is 0 Å². The van der Waals surface area contributed by atoms with E-state index in [1.807, 2.05) is 42.2 Å². The van der Waals surface area contributed by atoms with Gasteiger partial charge in [0.15, 0.2) is 12.6 Å². The molecule has 0 aromatic heterocycles. The van der Waals surface area contributed by atoms with E-state index in [4.69, 9.17) is 4.74 Å². The van der Waals surface area contributed by atoms with Crippen LogP contribution in [0.15, 0.2) is 54.6 Å². The third kappa shape index (κ3) is 6.02. The van der Waals surface area contributed by atoms with E-state index in [1.165, 1.54) is 24.3 Å². The minimum absolute atomic E-state index is 0.00818. The number of halogens is 1. The van der Waals surface area contributed by atoms with Crippen molar-refractivity contribution in [2.45, 2.75) is 19.4 Å². The molecular weight excluding hydrogens is 373 g/mol. The number of carbonyl (C=O) groups is 2. The van der Waals surface area contributed by atoms with Gasteiger partial charge in [-0.3, -0.25) is 9.59 Å². The number of piperazine rings is 1. The number of hydrogen-bond donors (Lipinski definition) is 2. The third-order valence-electron chi connectivity index (χ3n) is 4.99. The molecule has 2 aromatic rings. The van der Waals surface area contributed by atoms with Crippen LogP contribution in [0.4, 0.5) is 10.1 Å². The molecule has 29 heavy (non-hydrogen) atoms. The number of rotatable bonds is 7. The summed E-state index contributed by atoms with van der Waals surface area (Å²) in [4.78, 5) is 28.0. The smallest absolute Gasteiger partial charge is 0.279 e. The minimum atomic E-state index is -0.499. The van der Waals surface area contributed by atoms with Crippen molar-refractivity contribution in [1.29, 1.82) is 0 Å². The molecule has 2 N–H and O–H groups in total. The maximum absolute atomic E-state index is 12.9. The lowest BCUT2D eigenvalue weighted by molar-refractivity contribution is -0.895. The van der Waals surface area contributed by atoms with Crippen LogP contribution in [-0.2, 0) is 9.59 Å². The van der Waals surface area contributed by atoms with E-state index in [-0.39, 0.29) is 17.6 Å². The molecule has 3 rings (SSSR count). The third-order valence-corrected chi connectivity index (χ3v) is 4.99. The molecule has 0 saturated carbocycles. The lowest BCUT2D eigenvalue weighted by Gasteiger charge is -2.33. The first-order chi connectivity index (χ1) is 14.0. The van der Waals surface area contributed by atoms with E-state index in [1.54, 1.807) is 0 Å². The molecule has 154 valence electrons. The Morgan fingerprint density at radius 3 is 2.38 bits per heavy atom. The number of ether oxygens (including phenoxy) is 1. The Labute approximate surface area is 170 Å². The minimum Gasteiger partial charge on any atom is -0.481 e. The fraction of sp³-hybridized carbons (Fsp3) is 0.364. The van der Waals surface area contributed by atoms with E-state index in [0.29, 0.717) is 50.6 Å². The monoisotopic (exact) mass is 400 g/mol. The van der Waals surface area contributed by atoms with Crippen LogP contribution >= 0.6 is 0 Å². The zero-order valence-corrected chi connectivity index (χ0v) is 16.6. The van der Waals surface area contributed by atoms with Gasteiger partial charge in [-0.25, -0.2) is 4.39 Å². The Morgan fingerprint density at radius 1 is 1.10 bits per heavy atom. The van der Waals surface area contributed by atoms with Crippen LogP contribution in [0.25, 0.3) is 0 Å². The summed E-state index contributed by atoms with van der Waals surface area (Å²) in [7, 11) is 0. The van der Waals surface area contributed by atoms with Crippen molar-refractivity contribution in [1.82, 2.24) is 4.90 Å². The number of anilines is 1. The van der Waals surface area contributed by atoms with Gasteiger partial charge in [0.05, 0.1) is 26.2 Å². The van der Waals surface area contributed by atoms with Gasteiger partial charge in [-0.15, -0.1) is 0 Å². The van der Waals surface area contributed by atoms with Gasteiger partial charge in [0, 0.05) is 5.69 Å². The van der Waals surface area contributed by atoms with E-state index in [2.05, 4.69) is 5.32 Å². The highest BCUT2D eigenvalue weighted by atomic mass is 19.1. The second-order valence-corrected chi connectivity index (χ2v) is 7.13. The first kappa shape index (κ1) is 20.8. The van der Waals surface area contributed by atoms with Crippen LogP contribution in [0.3, 0.4) is 0 Å². The van der Waals surface area contributed by atoms with Crippen LogP contribution in [-0.4, -0.2) is 55.5 Å². The largest absolute Gasteiger partial charge is 0.481 e. The van der Waals surface area contributed by atoms with Crippen molar-refractivity contribution in [2.75, 3.05) is 38.0 Å². The second kappa shape index (κ2) is 10.0. The molecule has 1 fully saturated rings. The first-order valence-electron chi connectivity index (χ1n) is 9.94. The SMILES string of the molecule is CC[C@@H](Oc1ccccc1)C(=O)N1CC[NH+](CC(=O)Nc2ccc(F)cc2)CC1. The standard InChI is InChI=1S/C22H26FN3O3/c1-2-20(29-19-6-4-3-5-7-19)22(28)26-14-12-25(13-15-26)16-21(27)24-18-10-8-17(23)9-11-18/h3-11,20H,2,12-16H2,1H3,(H,24,27)/p+1/t20-/m1/s1. The maximum Gasteiger partial charge on any atom is 0.279 e. The highest BCUT2D eigenvalue weighted by Crippen LogP contribution is 2.14.